The molecule has 1 heterocycles. The van der Waals surface area contributed by atoms with Crippen molar-refractivity contribution in [3.63, 3.8) is 0 Å². The molecule has 1 unspecified atom stereocenters. The number of aliphatic hydroxyl groups is 1. The lowest BCUT2D eigenvalue weighted by atomic mass is 10.0. The van der Waals surface area contributed by atoms with Gasteiger partial charge in [-0.2, -0.15) is 0 Å². The molecule has 0 aromatic heterocycles. The predicted octanol–water partition coefficient (Wildman–Crippen LogP) is 2.43. The Labute approximate surface area is 106 Å². The van der Waals surface area contributed by atoms with Crippen molar-refractivity contribution in [3.8, 4) is 0 Å². The minimum atomic E-state index is 0.271. The molecule has 0 bridgehead atoms. The average molecular weight is 243 g/mol. The molecule has 1 atom stereocenters. The van der Waals surface area contributed by atoms with E-state index in [-0.39, 0.29) is 6.61 Å². The summed E-state index contributed by atoms with van der Waals surface area (Å²) in [5.74, 6) is 0. The fraction of sp³-hybridized carbons (Fsp3) is 1.00. The minimum absolute atomic E-state index is 0.271. The molecule has 0 aromatic rings. The standard InChI is InChI=1S/C14H29NO2/c1-2-3-4-5-6-7-8-14-13-17-12-10-15(14)9-11-16/h14,16H,2-13H2,1H3. The van der Waals surface area contributed by atoms with Crippen LogP contribution in [-0.2, 0) is 4.74 Å². The Morgan fingerprint density at radius 1 is 1.18 bits per heavy atom. The van der Waals surface area contributed by atoms with Crippen LogP contribution >= 0.6 is 0 Å². The van der Waals surface area contributed by atoms with Crippen LogP contribution in [0.3, 0.4) is 0 Å². The first kappa shape index (κ1) is 14.9. The summed E-state index contributed by atoms with van der Waals surface area (Å²) in [5, 5.41) is 9.02. The third-order valence-corrected chi connectivity index (χ3v) is 3.63. The lowest BCUT2D eigenvalue weighted by Crippen LogP contribution is -2.46. The quantitative estimate of drug-likeness (QED) is 0.631. The highest BCUT2D eigenvalue weighted by Crippen LogP contribution is 2.15. The monoisotopic (exact) mass is 243 g/mol. The van der Waals surface area contributed by atoms with Crippen molar-refractivity contribution >= 4 is 0 Å². The van der Waals surface area contributed by atoms with Crippen LogP contribution in [-0.4, -0.2) is 49.0 Å². The Balaban J connectivity index is 2.06. The number of ether oxygens (including phenoxy) is 1. The summed E-state index contributed by atoms with van der Waals surface area (Å²) in [5.41, 5.74) is 0. The van der Waals surface area contributed by atoms with Crippen molar-refractivity contribution in [2.45, 2.75) is 57.9 Å². The minimum Gasteiger partial charge on any atom is -0.395 e. The maximum atomic E-state index is 9.02. The van der Waals surface area contributed by atoms with Gasteiger partial charge in [-0.15, -0.1) is 0 Å². The summed E-state index contributed by atoms with van der Waals surface area (Å²) >= 11 is 0. The summed E-state index contributed by atoms with van der Waals surface area (Å²) in [4.78, 5) is 2.38. The molecule has 1 saturated heterocycles. The van der Waals surface area contributed by atoms with E-state index in [0.717, 1.165) is 26.3 Å². The van der Waals surface area contributed by atoms with Crippen LogP contribution < -0.4 is 0 Å². The maximum absolute atomic E-state index is 9.02. The van der Waals surface area contributed by atoms with Gasteiger partial charge in [-0.05, 0) is 6.42 Å². The first-order valence-electron chi connectivity index (χ1n) is 7.31. The molecular weight excluding hydrogens is 214 g/mol. The van der Waals surface area contributed by atoms with Gasteiger partial charge in [0, 0.05) is 19.1 Å². The molecule has 3 heteroatoms. The SMILES string of the molecule is CCCCCCCCC1COCCN1CCO. The van der Waals surface area contributed by atoms with Crippen LogP contribution in [0.15, 0.2) is 0 Å². The van der Waals surface area contributed by atoms with Gasteiger partial charge in [0.05, 0.1) is 19.8 Å². The van der Waals surface area contributed by atoms with Gasteiger partial charge in [0.15, 0.2) is 0 Å². The van der Waals surface area contributed by atoms with E-state index in [0.29, 0.717) is 6.04 Å². The summed E-state index contributed by atoms with van der Waals surface area (Å²) in [6.45, 7) is 6.01. The first-order chi connectivity index (χ1) is 8.38. The zero-order chi connectivity index (χ0) is 12.3. The smallest absolute Gasteiger partial charge is 0.0622 e. The van der Waals surface area contributed by atoms with Crippen molar-refractivity contribution in [2.75, 3.05) is 32.9 Å². The van der Waals surface area contributed by atoms with Crippen LogP contribution in [0, 0.1) is 0 Å². The molecule has 0 amide bonds. The number of hydrogen-bond donors (Lipinski definition) is 1. The third-order valence-electron chi connectivity index (χ3n) is 3.63. The molecule has 0 aliphatic carbocycles. The van der Waals surface area contributed by atoms with Crippen molar-refractivity contribution in [1.29, 1.82) is 0 Å². The fourth-order valence-electron chi connectivity index (χ4n) is 2.54. The van der Waals surface area contributed by atoms with Gasteiger partial charge in [0.25, 0.3) is 0 Å². The van der Waals surface area contributed by atoms with Crippen LogP contribution in [0.1, 0.15) is 51.9 Å². The molecule has 0 spiro atoms. The molecule has 17 heavy (non-hydrogen) atoms. The number of β-amino-alcohol motifs (C(OH)–C–C–N with tert-alkyl or cyclic N) is 1. The predicted molar refractivity (Wildman–Crippen MR) is 71.3 cm³/mol. The molecule has 1 aliphatic heterocycles. The Bertz CT molecular complexity index is 174. The highest BCUT2D eigenvalue weighted by Gasteiger charge is 2.21. The highest BCUT2D eigenvalue weighted by atomic mass is 16.5. The molecule has 1 N–H and O–H groups in total. The summed E-state index contributed by atoms with van der Waals surface area (Å²) in [6.07, 6.45) is 9.35. The van der Waals surface area contributed by atoms with E-state index >= 15 is 0 Å². The Morgan fingerprint density at radius 3 is 2.71 bits per heavy atom. The van der Waals surface area contributed by atoms with E-state index in [2.05, 4.69) is 11.8 Å². The molecule has 0 aromatic carbocycles. The number of hydrogen-bond acceptors (Lipinski definition) is 3. The van der Waals surface area contributed by atoms with Gasteiger partial charge in [-0.1, -0.05) is 45.4 Å². The largest absolute Gasteiger partial charge is 0.395 e. The van der Waals surface area contributed by atoms with Crippen molar-refractivity contribution in [2.24, 2.45) is 0 Å². The summed E-state index contributed by atoms with van der Waals surface area (Å²) in [6, 6.07) is 0.544. The number of rotatable bonds is 9. The molecular formula is C14H29NO2. The lowest BCUT2D eigenvalue weighted by molar-refractivity contribution is -0.0171. The van der Waals surface area contributed by atoms with Gasteiger partial charge in [-0.3, -0.25) is 4.90 Å². The van der Waals surface area contributed by atoms with Crippen molar-refractivity contribution in [1.82, 2.24) is 4.90 Å². The molecule has 0 saturated carbocycles. The van der Waals surface area contributed by atoms with E-state index < -0.39 is 0 Å². The number of nitrogens with zero attached hydrogens (tertiary/aromatic N) is 1. The van der Waals surface area contributed by atoms with E-state index in [1.165, 1.54) is 44.9 Å². The van der Waals surface area contributed by atoms with E-state index in [9.17, 15) is 0 Å². The van der Waals surface area contributed by atoms with Crippen LogP contribution in [0.25, 0.3) is 0 Å². The highest BCUT2D eigenvalue weighted by molar-refractivity contribution is 4.74. The van der Waals surface area contributed by atoms with Gasteiger partial charge in [0.2, 0.25) is 0 Å². The lowest BCUT2D eigenvalue weighted by Gasteiger charge is -2.35. The molecule has 1 aliphatic rings. The summed E-state index contributed by atoms with van der Waals surface area (Å²) in [7, 11) is 0. The Morgan fingerprint density at radius 2 is 1.94 bits per heavy atom. The van der Waals surface area contributed by atoms with E-state index in [1.807, 2.05) is 0 Å². The second kappa shape index (κ2) is 9.86. The van der Waals surface area contributed by atoms with Gasteiger partial charge < -0.3 is 9.84 Å². The summed E-state index contributed by atoms with van der Waals surface area (Å²) < 4.78 is 5.53. The van der Waals surface area contributed by atoms with Crippen LogP contribution in [0.5, 0.6) is 0 Å². The second-order valence-corrected chi connectivity index (χ2v) is 5.04. The van der Waals surface area contributed by atoms with Crippen LogP contribution in [0.2, 0.25) is 0 Å². The van der Waals surface area contributed by atoms with Crippen molar-refractivity contribution in [3.05, 3.63) is 0 Å². The van der Waals surface area contributed by atoms with E-state index in [4.69, 9.17) is 9.84 Å². The topological polar surface area (TPSA) is 32.7 Å². The van der Waals surface area contributed by atoms with Crippen LogP contribution in [0.4, 0.5) is 0 Å². The Hall–Kier alpha value is -0.120. The first-order valence-corrected chi connectivity index (χ1v) is 7.31. The van der Waals surface area contributed by atoms with Gasteiger partial charge in [-0.25, -0.2) is 0 Å². The molecule has 1 rings (SSSR count). The zero-order valence-electron chi connectivity index (χ0n) is 11.4. The number of morpholine rings is 1. The normalized spacial score (nSPS) is 21.9. The fourth-order valence-corrected chi connectivity index (χ4v) is 2.54. The molecule has 3 nitrogen and oxygen atoms in total. The second-order valence-electron chi connectivity index (χ2n) is 5.04. The Kier molecular flexibility index (Phi) is 8.67. The molecule has 0 radical (unpaired) electrons. The molecule has 1 fully saturated rings. The molecule has 102 valence electrons. The van der Waals surface area contributed by atoms with Gasteiger partial charge in [0.1, 0.15) is 0 Å². The van der Waals surface area contributed by atoms with E-state index in [1.54, 1.807) is 0 Å². The number of unbranched alkanes of at least 4 members (excludes halogenated alkanes) is 5. The maximum Gasteiger partial charge on any atom is 0.0622 e. The van der Waals surface area contributed by atoms with Crippen molar-refractivity contribution < 1.29 is 9.84 Å². The zero-order valence-corrected chi connectivity index (χ0v) is 11.4. The number of aliphatic hydroxyl groups excluding tert-OH is 1. The van der Waals surface area contributed by atoms with Gasteiger partial charge >= 0.3 is 0 Å². The average Bonchev–Trinajstić information content (AvgIpc) is 2.36. The third kappa shape index (κ3) is 6.39.